The Morgan fingerprint density at radius 3 is 2.43 bits per heavy atom. The molecule has 13 heteroatoms. The Morgan fingerprint density at radius 1 is 1.05 bits per heavy atom. The third-order valence-electron chi connectivity index (χ3n) is 10.6. The monoisotopic (exact) mass is 773 g/mol. The van der Waals surface area contributed by atoms with Gasteiger partial charge in [-0.25, -0.2) is 14.6 Å². The molecule has 306 valence electrons. The molecule has 1 aliphatic heterocycles. The summed E-state index contributed by atoms with van der Waals surface area (Å²) in [5.74, 6) is -1.16. The van der Waals surface area contributed by atoms with Crippen molar-refractivity contribution in [2.24, 2.45) is 22.7 Å². The first-order valence-electron chi connectivity index (χ1n) is 19.8. The maximum atomic E-state index is 14.6. The normalized spacial score (nSPS) is 16.9. The number of nitrogens with zero attached hydrogens (tertiary/aromatic N) is 3. The van der Waals surface area contributed by atoms with Gasteiger partial charge in [0.15, 0.2) is 0 Å². The van der Waals surface area contributed by atoms with Gasteiger partial charge in [-0.15, -0.1) is 0 Å². The van der Waals surface area contributed by atoms with Gasteiger partial charge in [-0.2, -0.15) is 0 Å². The van der Waals surface area contributed by atoms with E-state index in [1.165, 1.54) is 7.11 Å². The number of fused-ring (bicyclic) bond motifs is 1. The lowest BCUT2D eigenvalue weighted by molar-refractivity contribution is -0.132. The summed E-state index contributed by atoms with van der Waals surface area (Å²) in [4.78, 5) is 59.4. The van der Waals surface area contributed by atoms with Gasteiger partial charge in [-0.3, -0.25) is 20.0 Å². The number of alkyl carbamates (subject to hydrolysis) is 1. The van der Waals surface area contributed by atoms with E-state index in [1.807, 2.05) is 88.4 Å². The molecule has 13 nitrogen and oxygen atoms in total. The lowest BCUT2D eigenvalue weighted by atomic mass is 9.83. The van der Waals surface area contributed by atoms with E-state index in [0.717, 1.165) is 28.5 Å². The van der Waals surface area contributed by atoms with Crippen molar-refractivity contribution in [2.75, 3.05) is 33.3 Å². The van der Waals surface area contributed by atoms with Crippen molar-refractivity contribution in [1.29, 1.82) is 0 Å². The SMILES string of the molecule is CCC(C)C(C(=O)NC(Cc1ccccc1)C(O)CN(CCC(C)(C)C)NC(=O)CC(C)(C)CNC(=O)OC)C1CNC(=O)N1Cc1ccnc2ccccc12. The number of ether oxygens (including phenoxy) is 1. The molecule has 0 saturated carbocycles. The van der Waals surface area contributed by atoms with Gasteiger partial charge < -0.3 is 30.7 Å². The Labute approximate surface area is 332 Å². The zero-order valence-corrected chi connectivity index (χ0v) is 34.4. The molecule has 1 aromatic heterocycles. The molecular weight excluding hydrogens is 711 g/mol. The number of hydrogen-bond donors (Lipinski definition) is 5. The van der Waals surface area contributed by atoms with E-state index in [1.54, 1.807) is 16.1 Å². The van der Waals surface area contributed by atoms with E-state index in [4.69, 9.17) is 0 Å². The summed E-state index contributed by atoms with van der Waals surface area (Å²) in [5.41, 5.74) is 5.10. The summed E-state index contributed by atoms with van der Waals surface area (Å²) >= 11 is 0. The Balaban J connectivity index is 1.58. The molecule has 5 unspecified atom stereocenters. The highest BCUT2D eigenvalue weighted by Gasteiger charge is 2.43. The van der Waals surface area contributed by atoms with Crippen LogP contribution in [0.25, 0.3) is 10.9 Å². The van der Waals surface area contributed by atoms with E-state index in [0.29, 0.717) is 32.5 Å². The molecule has 56 heavy (non-hydrogen) atoms. The molecule has 3 aromatic rings. The smallest absolute Gasteiger partial charge is 0.406 e. The molecule has 5 amide bonds. The number of nitrogens with one attached hydrogen (secondary N) is 4. The van der Waals surface area contributed by atoms with Crippen LogP contribution in [0, 0.1) is 22.7 Å². The van der Waals surface area contributed by atoms with Crippen LogP contribution >= 0.6 is 0 Å². The maximum absolute atomic E-state index is 14.6. The summed E-state index contributed by atoms with van der Waals surface area (Å²) in [6, 6.07) is 18.0. The number of carbonyl (C=O) groups excluding carboxylic acids is 4. The molecule has 4 rings (SSSR count). The first-order valence-corrected chi connectivity index (χ1v) is 19.8. The van der Waals surface area contributed by atoms with Gasteiger partial charge in [0.1, 0.15) is 0 Å². The van der Waals surface area contributed by atoms with Crippen LogP contribution in [-0.4, -0.2) is 95.4 Å². The van der Waals surface area contributed by atoms with Gasteiger partial charge >= 0.3 is 12.1 Å². The Kier molecular flexibility index (Phi) is 15.6. The highest BCUT2D eigenvalue weighted by Crippen LogP contribution is 2.29. The zero-order valence-electron chi connectivity index (χ0n) is 34.4. The fourth-order valence-corrected chi connectivity index (χ4v) is 7.15. The number of aliphatic hydroxyl groups is 1. The van der Waals surface area contributed by atoms with E-state index >= 15 is 0 Å². The summed E-state index contributed by atoms with van der Waals surface area (Å²) in [5, 5.41) is 23.6. The fraction of sp³-hybridized carbons (Fsp3) is 0.558. The number of methoxy groups -OCH3 is 1. The largest absolute Gasteiger partial charge is 0.453 e. The van der Waals surface area contributed by atoms with Crippen molar-refractivity contribution in [3.63, 3.8) is 0 Å². The Hall–Kier alpha value is -4.75. The molecule has 0 radical (unpaired) electrons. The second-order valence-electron chi connectivity index (χ2n) is 17.1. The minimum absolute atomic E-state index is 0.0547. The van der Waals surface area contributed by atoms with Crippen molar-refractivity contribution >= 4 is 34.8 Å². The topological polar surface area (TPSA) is 165 Å². The molecule has 0 aliphatic carbocycles. The summed E-state index contributed by atoms with van der Waals surface area (Å²) in [6.07, 6.45) is 1.99. The van der Waals surface area contributed by atoms with Crippen LogP contribution in [0.1, 0.15) is 78.9 Å². The fourth-order valence-electron chi connectivity index (χ4n) is 7.15. The maximum Gasteiger partial charge on any atom is 0.406 e. The van der Waals surface area contributed by atoms with Gasteiger partial charge in [0.05, 0.1) is 36.7 Å². The molecule has 5 atom stereocenters. The standard InChI is InChI=1S/C43H63N7O6/c1-9-29(2)38(35-25-45-40(54)50(35)26-31-19-21-44-33-18-14-13-17-32(31)33)39(53)47-34(23-30-15-11-10-12-16-30)36(51)27-49(22-20-42(3,4)5)48-37(52)24-43(6,7)28-46-41(55)56-8/h10-19,21,29,34-36,38,51H,9,20,22-28H2,1-8H3,(H,45,54)(H,46,55)(H,47,53)(H,48,52). The average molecular weight is 774 g/mol. The number of rotatable bonds is 19. The summed E-state index contributed by atoms with van der Waals surface area (Å²) in [6.45, 7) is 15.5. The summed E-state index contributed by atoms with van der Waals surface area (Å²) in [7, 11) is 1.29. The van der Waals surface area contributed by atoms with Crippen molar-refractivity contribution in [2.45, 2.75) is 98.9 Å². The lowest BCUT2D eigenvalue weighted by Gasteiger charge is -2.36. The van der Waals surface area contributed by atoms with E-state index in [9.17, 15) is 24.3 Å². The van der Waals surface area contributed by atoms with Gasteiger partial charge in [0.2, 0.25) is 11.8 Å². The minimum atomic E-state index is -1.08. The second kappa shape index (κ2) is 19.9. The van der Waals surface area contributed by atoms with Crippen LogP contribution < -0.4 is 21.4 Å². The zero-order chi connectivity index (χ0) is 41.0. The van der Waals surface area contributed by atoms with Gasteiger partial charge in [0.25, 0.3) is 0 Å². The van der Waals surface area contributed by atoms with Crippen LogP contribution in [0.4, 0.5) is 9.59 Å². The molecule has 1 fully saturated rings. The summed E-state index contributed by atoms with van der Waals surface area (Å²) < 4.78 is 4.69. The highest BCUT2D eigenvalue weighted by molar-refractivity contribution is 5.85. The molecular formula is C43H63N7O6. The lowest BCUT2D eigenvalue weighted by Crippen LogP contribution is -2.57. The predicted octanol–water partition coefficient (Wildman–Crippen LogP) is 5.42. The number of urea groups is 1. The third kappa shape index (κ3) is 12.9. The van der Waals surface area contributed by atoms with E-state index in [2.05, 4.69) is 51.9 Å². The van der Waals surface area contributed by atoms with E-state index < -0.39 is 35.6 Å². The average Bonchev–Trinajstić information content (AvgIpc) is 3.50. The number of hydrazine groups is 1. The number of carbonyl (C=O) groups is 4. The molecule has 1 saturated heterocycles. The number of aromatic nitrogens is 1. The molecule has 0 spiro atoms. The second-order valence-corrected chi connectivity index (χ2v) is 17.1. The number of para-hydroxylation sites is 1. The van der Waals surface area contributed by atoms with Crippen LogP contribution in [0.15, 0.2) is 66.9 Å². The van der Waals surface area contributed by atoms with Crippen molar-refractivity contribution in [1.82, 2.24) is 36.3 Å². The Bertz CT molecular complexity index is 1760. The van der Waals surface area contributed by atoms with Crippen LogP contribution in [0.3, 0.4) is 0 Å². The molecule has 1 aliphatic rings. The first-order chi connectivity index (χ1) is 26.5. The van der Waals surface area contributed by atoms with Crippen LogP contribution in [0.5, 0.6) is 0 Å². The molecule has 5 N–H and O–H groups in total. The number of hydrogen-bond acceptors (Lipinski definition) is 8. The quantitative estimate of drug-likeness (QED) is 0.101. The van der Waals surface area contributed by atoms with E-state index in [-0.39, 0.29) is 48.7 Å². The number of pyridine rings is 1. The van der Waals surface area contributed by atoms with Crippen molar-refractivity contribution in [3.8, 4) is 0 Å². The van der Waals surface area contributed by atoms with Gasteiger partial charge in [-0.1, -0.05) is 103 Å². The van der Waals surface area contributed by atoms with Crippen LogP contribution in [-0.2, 0) is 27.3 Å². The minimum Gasteiger partial charge on any atom is -0.453 e. The molecule has 2 heterocycles. The molecule has 2 aromatic carbocycles. The Morgan fingerprint density at radius 2 is 1.75 bits per heavy atom. The van der Waals surface area contributed by atoms with Gasteiger partial charge in [0, 0.05) is 50.7 Å². The number of benzene rings is 2. The van der Waals surface area contributed by atoms with Crippen molar-refractivity contribution in [3.05, 3.63) is 78.0 Å². The van der Waals surface area contributed by atoms with Crippen LogP contribution in [0.2, 0.25) is 0 Å². The number of aliphatic hydroxyl groups excluding tert-OH is 1. The first kappa shape index (κ1) is 44.0. The number of amides is 5. The highest BCUT2D eigenvalue weighted by atomic mass is 16.5. The van der Waals surface area contributed by atoms with Crippen molar-refractivity contribution < 1.29 is 29.0 Å². The predicted molar refractivity (Wildman–Crippen MR) is 218 cm³/mol. The molecule has 0 bridgehead atoms. The van der Waals surface area contributed by atoms with Gasteiger partial charge in [-0.05, 0) is 52.8 Å². The third-order valence-corrected chi connectivity index (χ3v) is 10.6.